The topological polar surface area (TPSA) is 33.1 Å². The average Bonchev–Trinajstić information content (AvgIpc) is 2.68. The van der Waals surface area contributed by atoms with Gasteiger partial charge in [0.2, 0.25) is 0 Å². The number of benzene rings is 1. The fourth-order valence-corrected chi connectivity index (χ4v) is 2.56. The molecule has 0 fully saturated rings. The number of aromatic nitrogens is 1. The van der Waals surface area contributed by atoms with Gasteiger partial charge in [0.05, 0.1) is 11.1 Å². The van der Waals surface area contributed by atoms with E-state index in [1.807, 2.05) is 18.4 Å². The van der Waals surface area contributed by atoms with Crippen molar-refractivity contribution in [3.05, 3.63) is 51.0 Å². The minimum Gasteiger partial charge on any atom is -0.388 e. The number of aryl methyl sites for hydroxylation is 3. The normalized spacial score (nSPS) is 12.7. The third-order valence-electron chi connectivity index (χ3n) is 2.95. The lowest BCUT2D eigenvalue weighted by atomic mass is 10.0. The third kappa shape index (κ3) is 2.93. The maximum Gasteiger partial charge on any atom is 0.0957 e. The number of aliphatic hydroxyl groups excluding tert-OH is 1. The fourth-order valence-electron chi connectivity index (χ4n) is 1.75. The Kier molecular flexibility index (Phi) is 3.60. The van der Waals surface area contributed by atoms with E-state index in [0.717, 1.165) is 16.3 Å². The molecule has 0 saturated heterocycles. The van der Waals surface area contributed by atoms with E-state index in [4.69, 9.17) is 0 Å². The number of hydrogen-bond donors (Lipinski definition) is 1. The lowest BCUT2D eigenvalue weighted by molar-refractivity contribution is 0.178. The molecule has 1 heterocycles. The lowest BCUT2D eigenvalue weighted by Crippen LogP contribution is -2.02. The van der Waals surface area contributed by atoms with Crippen LogP contribution in [0.4, 0.5) is 0 Å². The molecular formula is C14H17NOS. The van der Waals surface area contributed by atoms with E-state index in [1.165, 1.54) is 11.1 Å². The van der Waals surface area contributed by atoms with Gasteiger partial charge < -0.3 is 5.11 Å². The van der Waals surface area contributed by atoms with Crippen LogP contribution in [0.5, 0.6) is 0 Å². The maximum absolute atomic E-state index is 10.2. The number of nitrogens with zero attached hydrogens (tertiary/aromatic N) is 1. The SMILES string of the molecule is Cc1csc(CC(O)c2ccc(C)c(C)c2)n1. The van der Waals surface area contributed by atoms with Gasteiger partial charge in [0.1, 0.15) is 0 Å². The summed E-state index contributed by atoms with van der Waals surface area (Å²) in [6.07, 6.45) is 0.140. The van der Waals surface area contributed by atoms with Crippen molar-refractivity contribution in [3.8, 4) is 0 Å². The minimum absolute atomic E-state index is 0.458. The summed E-state index contributed by atoms with van der Waals surface area (Å²) in [7, 11) is 0. The first-order valence-electron chi connectivity index (χ1n) is 5.72. The second-order valence-corrected chi connectivity index (χ2v) is 5.39. The van der Waals surface area contributed by atoms with Crippen molar-refractivity contribution in [2.45, 2.75) is 33.3 Å². The molecule has 2 aromatic rings. The summed E-state index contributed by atoms with van der Waals surface area (Å²) < 4.78 is 0. The molecule has 0 spiro atoms. The summed E-state index contributed by atoms with van der Waals surface area (Å²) in [6.45, 7) is 6.12. The van der Waals surface area contributed by atoms with E-state index in [1.54, 1.807) is 11.3 Å². The summed E-state index contributed by atoms with van der Waals surface area (Å²) >= 11 is 1.61. The predicted molar refractivity (Wildman–Crippen MR) is 71.4 cm³/mol. The van der Waals surface area contributed by atoms with Crippen LogP contribution in [0, 0.1) is 20.8 Å². The summed E-state index contributed by atoms with van der Waals surface area (Å²) in [5, 5.41) is 13.2. The van der Waals surface area contributed by atoms with E-state index in [9.17, 15) is 5.11 Å². The van der Waals surface area contributed by atoms with Gasteiger partial charge in [-0.1, -0.05) is 18.2 Å². The number of hydrogen-bond acceptors (Lipinski definition) is 3. The first-order valence-corrected chi connectivity index (χ1v) is 6.60. The zero-order valence-corrected chi connectivity index (χ0v) is 11.2. The Morgan fingerprint density at radius 3 is 2.59 bits per heavy atom. The molecule has 0 amide bonds. The standard InChI is InChI=1S/C14H17NOS/c1-9-4-5-12(6-10(9)2)13(16)7-14-15-11(3)8-17-14/h4-6,8,13,16H,7H2,1-3H3. The number of rotatable bonds is 3. The zero-order chi connectivity index (χ0) is 12.4. The molecule has 0 aliphatic heterocycles. The van der Waals surface area contributed by atoms with Gasteiger partial charge >= 0.3 is 0 Å². The highest BCUT2D eigenvalue weighted by Gasteiger charge is 2.11. The first-order chi connectivity index (χ1) is 8.06. The molecule has 1 aromatic carbocycles. The highest BCUT2D eigenvalue weighted by atomic mass is 32.1. The number of aliphatic hydroxyl groups is 1. The molecule has 0 bridgehead atoms. The van der Waals surface area contributed by atoms with Gasteiger partial charge in [-0.05, 0) is 37.5 Å². The van der Waals surface area contributed by atoms with Crippen LogP contribution in [-0.2, 0) is 6.42 Å². The average molecular weight is 247 g/mol. The summed E-state index contributed by atoms with van der Waals surface area (Å²) in [5.74, 6) is 0. The van der Waals surface area contributed by atoms with E-state index in [2.05, 4.69) is 31.0 Å². The highest BCUT2D eigenvalue weighted by molar-refractivity contribution is 7.09. The fraction of sp³-hybridized carbons (Fsp3) is 0.357. The van der Waals surface area contributed by atoms with E-state index in [-0.39, 0.29) is 0 Å². The van der Waals surface area contributed by atoms with Crippen LogP contribution < -0.4 is 0 Å². The Balaban J connectivity index is 2.14. The Hall–Kier alpha value is -1.19. The smallest absolute Gasteiger partial charge is 0.0957 e. The zero-order valence-electron chi connectivity index (χ0n) is 10.4. The van der Waals surface area contributed by atoms with Crippen molar-refractivity contribution >= 4 is 11.3 Å². The number of thiazole rings is 1. The van der Waals surface area contributed by atoms with Gasteiger partial charge in [0, 0.05) is 17.5 Å². The van der Waals surface area contributed by atoms with E-state index >= 15 is 0 Å². The molecule has 17 heavy (non-hydrogen) atoms. The molecule has 3 heteroatoms. The van der Waals surface area contributed by atoms with Crippen LogP contribution in [0.1, 0.15) is 33.5 Å². The van der Waals surface area contributed by atoms with Crippen LogP contribution in [0.2, 0.25) is 0 Å². The quantitative estimate of drug-likeness (QED) is 0.902. The molecule has 1 atom stereocenters. The molecule has 0 saturated carbocycles. The molecule has 1 unspecified atom stereocenters. The van der Waals surface area contributed by atoms with Gasteiger partial charge in [0.25, 0.3) is 0 Å². The molecular weight excluding hydrogens is 230 g/mol. The molecule has 0 radical (unpaired) electrons. The van der Waals surface area contributed by atoms with E-state index in [0.29, 0.717) is 6.42 Å². The van der Waals surface area contributed by atoms with Gasteiger partial charge in [-0.3, -0.25) is 0 Å². The van der Waals surface area contributed by atoms with Crippen LogP contribution in [0.15, 0.2) is 23.6 Å². The van der Waals surface area contributed by atoms with Crippen LogP contribution in [0.25, 0.3) is 0 Å². The summed E-state index contributed by atoms with van der Waals surface area (Å²) in [6, 6.07) is 6.11. The van der Waals surface area contributed by atoms with Crippen molar-refractivity contribution in [1.29, 1.82) is 0 Å². The Morgan fingerprint density at radius 1 is 1.24 bits per heavy atom. The highest BCUT2D eigenvalue weighted by Crippen LogP contribution is 2.22. The van der Waals surface area contributed by atoms with Gasteiger partial charge in [0.15, 0.2) is 0 Å². The van der Waals surface area contributed by atoms with Gasteiger partial charge in [-0.2, -0.15) is 0 Å². The molecule has 1 aromatic heterocycles. The van der Waals surface area contributed by atoms with Crippen molar-refractivity contribution in [1.82, 2.24) is 4.98 Å². The second kappa shape index (κ2) is 4.98. The van der Waals surface area contributed by atoms with Crippen molar-refractivity contribution in [2.75, 3.05) is 0 Å². The van der Waals surface area contributed by atoms with Crippen LogP contribution in [0.3, 0.4) is 0 Å². The Morgan fingerprint density at radius 2 is 2.00 bits per heavy atom. The molecule has 90 valence electrons. The maximum atomic E-state index is 10.2. The lowest BCUT2D eigenvalue weighted by Gasteiger charge is -2.11. The Labute approximate surface area is 106 Å². The van der Waals surface area contributed by atoms with E-state index < -0.39 is 6.10 Å². The van der Waals surface area contributed by atoms with Crippen LogP contribution in [-0.4, -0.2) is 10.1 Å². The first kappa shape index (κ1) is 12.3. The third-order valence-corrected chi connectivity index (χ3v) is 3.94. The molecule has 0 aliphatic rings. The largest absolute Gasteiger partial charge is 0.388 e. The summed E-state index contributed by atoms with van der Waals surface area (Å²) in [5.41, 5.74) is 4.47. The van der Waals surface area contributed by atoms with Crippen molar-refractivity contribution in [2.24, 2.45) is 0 Å². The minimum atomic E-state index is -0.458. The monoisotopic (exact) mass is 247 g/mol. The van der Waals surface area contributed by atoms with Crippen LogP contribution >= 0.6 is 11.3 Å². The second-order valence-electron chi connectivity index (χ2n) is 4.45. The Bertz CT molecular complexity index is 519. The molecule has 1 N–H and O–H groups in total. The van der Waals surface area contributed by atoms with Crippen molar-refractivity contribution in [3.63, 3.8) is 0 Å². The summed E-state index contributed by atoms with van der Waals surface area (Å²) in [4.78, 5) is 4.37. The molecule has 2 rings (SSSR count). The predicted octanol–water partition coefficient (Wildman–Crippen LogP) is 3.34. The molecule has 0 aliphatic carbocycles. The van der Waals surface area contributed by atoms with Crippen molar-refractivity contribution < 1.29 is 5.11 Å². The van der Waals surface area contributed by atoms with Gasteiger partial charge in [-0.15, -0.1) is 11.3 Å². The van der Waals surface area contributed by atoms with Gasteiger partial charge in [-0.25, -0.2) is 4.98 Å². The molecule has 2 nitrogen and oxygen atoms in total.